The number of rotatable bonds is 7. The van der Waals surface area contributed by atoms with E-state index in [1.54, 1.807) is 6.08 Å². The molecule has 0 saturated heterocycles. The van der Waals surface area contributed by atoms with Crippen molar-refractivity contribution in [3.63, 3.8) is 0 Å². The van der Waals surface area contributed by atoms with Crippen molar-refractivity contribution in [2.45, 2.75) is 39.0 Å². The normalized spacial score (nSPS) is 11.4. The Labute approximate surface area is 75.2 Å². The molecule has 0 spiro atoms. The first kappa shape index (κ1) is 11.2. The Morgan fingerprint density at radius 2 is 1.83 bits per heavy atom. The Bertz CT molecular complexity index is 145. The maximum absolute atomic E-state index is 9.86. The molecule has 0 N–H and O–H groups in total. The number of carbonyl (C=O) groups excluding carboxylic acids is 1. The Morgan fingerprint density at radius 3 is 2.50 bits per heavy atom. The monoisotopic (exact) mass is 166 g/mol. The van der Waals surface area contributed by atoms with Crippen LogP contribution < -0.4 is 0 Å². The standard InChI is InChI=1S/C11H18O/c1-2-3-4-5-6-7-8-9-10-11-12/h7-11H,2-6H2,1H3/b8-7?,10-9+. The lowest BCUT2D eigenvalue weighted by Gasteiger charge is -1.92. The fourth-order valence-corrected chi connectivity index (χ4v) is 0.973. The molecule has 0 aliphatic carbocycles. The first-order valence-corrected chi connectivity index (χ1v) is 4.68. The van der Waals surface area contributed by atoms with Crippen molar-refractivity contribution in [2.75, 3.05) is 0 Å². The van der Waals surface area contributed by atoms with Gasteiger partial charge in [0.2, 0.25) is 0 Å². The summed E-state index contributed by atoms with van der Waals surface area (Å²) >= 11 is 0. The number of hydrogen-bond acceptors (Lipinski definition) is 1. The Morgan fingerprint density at radius 1 is 1.00 bits per heavy atom. The second-order valence-corrected chi connectivity index (χ2v) is 2.80. The summed E-state index contributed by atoms with van der Waals surface area (Å²) in [6.07, 6.45) is 14.4. The minimum Gasteiger partial charge on any atom is -0.299 e. The molecule has 1 nitrogen and oxygen atoms in total. The molecule has 68 valence electrons. The zero-order chi connectivity index (χ0) is 9.07. The molecule has 0 atom stereocenters. The topological polar surface area (TPSA) is 17.1 Å². The van der Waals surface area contributed by atoms with Crippen LogP contribution in [0.1, 0.15) is 39.0 Å². The molecule has 0 rings (SSSR count). The minimum absolute atomic E-state index is 0.793. The van der Waals surface area contributed by atoms with Crippen LogP contribution in [0.2, 0.25) is 0 Å². The van der Waals surface area contributed by atoms with Crippen molar-refractivity contribution < 1.29 is 4.79 Å². The van der Waals surface area contributed by atoms with E-state index in [2.05, 4.69) is 13.0 Å². The van der Waals surface area contributed by atoms with Gasteiger partial charge in [-0.05, 0) is 18.9 Å². The Balaban J connectivity index is 3.13. The van der Waals surface area contributed by atoms with Gasteiger partial charge in [-0.25, -0.2) is 0 Å². The third-order valence-corrected chi connectivity index (χ3v) is 1.66. The minimum atomic E-state index is 0.793. The van der Waals surface area contributed by atoms with Crippen LogP contribution >= 0.6 is 0 Å². The van der Waals surface area contributed by atoms with Crippen LogP contribution in [0.3, 0.4) is 0 Å². The van der Waals surface area contributed by atoms with Gasteiger partial charge in [-0.3, -0.25) is 4.79 Å². The van der Waals surface area contributed by atoms with Crippen LogP contribution in [-0.2, 0) is 4.79 Å². The van der Waals surface area contributed by atoms with E-state index in [0.717, 1.165) is 12.7 Å². The molecule has 0 aromatic rings. The Hall–Kier alpha value is -0.850. The lowest BCUT2D eigenvalue weighted by atomic mass is 10.1. The molecule has 0 radical (unpaired) electrons. The summed E-state index contributed by atoms with van der Waals surface area (Å²) < 4.78 is 0. The maximum atomic E-state index is 9.86. The molecule has 0 aliphatic heterocycles. The third-order valence-electron chi connectivity index (χ3n) is 1.66. The average Bonchev–Trinajstić information content (AvgIpc) is 2.10. The molecule has 0 unspecified atom stereocenters. The lowest BCUT2D eigenvalue weighted by Crippen LogP contribution is -1.73. The van der Waals surface area contributed by atoms with Crippen LogP contribution in [0.25, 0.3) is 0 Å². The number of aldehydes is 1. The summed E-state index contributed by atoms with van der Waals surface area (Å²) in [5.74, 6) is 0. The lowest BCUT2D eigenvalue weighted by molar-refractivity contribution is -0.104. The molecule has 0 fully saturated rings. The third kappa shape index (κ3) is 9.15. The van der Waals surface area contributed by atoms with Crippen molar-refractivity contribution >= 4 is 6.29 Å². The summed E-state index contributed by atoms with van der Waals surface area (Å²) in [5.41, 5.74) is 0. The van der Waals surface area contributed by atoms with E-state index in [1.165, 1.54) is 31.8 Å². The second kappa shape index (κ2) is 10.2. The maximum Gasteiger partial charge on any atom is 0.142 e. The average molecular weight is 166 g/mol. The van der Waals surface area contributed by atoms with Gasteiger partial charge in [0, 0.05) is 0 Å². The van der Waals surface area contributed by atoms with Crippen molar-refractivity contribution in [3.8, 4) is 0 Å². The molecule has 0 bridgehead atoms. The fourth-order valence-electron chi connectivity index (χ4n) is 0.973. The number of hydrogen-bond donors (Lipinski definition) is 0. The predicted octanol–water partition coefficient (Wildman–Crippen LogP) is 3.27. The molecular weight excluding hydrogens is 148 g/mol. The van der Waals surface area contributed by atoms with Gasteiger partial charge in [0.25, 0.3) is 0 Å². The van der Waals surface area contributed by atoms with Gasteiger partial charge in [0.1, 0.15) is 6.29 Å². The van der Waals surface area contributed by atoms with Crippen molar-refractivity contribution in [3.05, 3.63) is 24.3 Å². The van der Waals surface area contributed by atoms with Gasteiger partial charge in [0.15, 0.2) is 0 Å². The first-order chi connectivity index (χ1) is 5.91. The molecule has 0 heterocycles. The summed E-state index contributed by atoms with van der Waals surface area (Å²) in [6.45, 7) is 2.21. The summed E-state index contributed by atoms with van der Waals surface area (Å²) in [5, 5.41) is 0. The summed E-state index contributed by atoms with van der Waals surface area (Å²) in [4.78, 5) is 9.86. The molecule has 0 saturated carbocycles. The van der Waals surface area contributed by atoms with Crippen molar-refractivity contribution in [2.24, 2.45) is 0 Å². The molecule has 0 aromatic heterocycles. The zero-order valence-electron chi connectivity index (χ0n) is 7.83. The highest BCUT2D eigenvalue weighted by molar-refractivity contribution is 5.65. The van der Waals surface area contributed by atoms with Crippen LogP contribution in [0, 0.1) is 0 Å². The summed E-state index contributed by atoms with van der Waals surface area (Å²) in [7, 11) is 0. The highest BCUT2D eigenvalue weighted by Gasteiger charge is 1.82. The van der Waals surface area contributed by atoms with Crippen LogP contribution in [-0.4, -0.2) is 6.29 Å². The number of carbonyl (C=O) groups is 1. The van der Waals surface area contributed by atoms with Gasteiger partial charge in [-0.15, -0.1) is 0 Å². The molecule has 0 aromatic carbocycles. The summed E-state index contributed by atoms with van der Waals surface area (Å²) in [6, 6.07) is 0. The number of allylic oxidation sites excluding steroid dienone is 4. The Kier molecular flexibility index (Phi) is 9.43. The van der Waals surface area contributed by atoms with E-state index >= 15 is 0 Å². The highest BCUT2D eigenvalue weighted by Crippen LogP contribution is 2.02. The van der Waals surface area contributed by atoms with Crippen LogP contribution in [0.4, 0.5) is 0 Å². The molecule has 1 heteroatoms. The van der Waals surface area contributed by atoms with Gasteiger partial charge < -0.3 is 0 Å². The smallest absolute Gasteiger partial charge is 0.142 e. The van der Waals surface area contributed by atoms with Crippen molar-refractivity contribution in [1.82, 2.24) is 0 Å². The number of unbranched alkanes of at least 4 members (excludes halogenated alkanes) is 4. The van der Waals surface area contributed by atoms with Gasteiger partial charge >= 0.3 is 0 Å². The zero-order valence-corrected chi connectivity index (χ0v) is 7.83. The molecule has 0 amide bonds. The van der Waals surface area contributed by atoms with Crippen LogP contribution in [0.5, 0.6) is 0 Å². The largest absolute Gasteiger partial charge is 0.299 e. The highest BCUT2D eigenvalue weighted by atomic mass is 16.1. The molecular formula is C11H18O. The van der Waals surface area contributed by atoms with Gasteiger partial charge in [0.05, 0.1) is 0 Å². The van der Waals surface area contributed by atoms with Crippen molar-refractivity contribution in [1.29, 1.82) is 0 Å². The van der Waals surface area contributed by atoms with E-state index in [4.69, 9.17) is 0 Å². The molecule has 0 aliphatic rings. The van der Waals surface area contributed by atoms with Gasteiger partial charge in [-0.2, -0.15) is 0 Å². The van der Waals surface area contributed by atoms with E-state index in [9.17, 15) is 4.79 Å². The fraction of sp³-hybridized carbons (Fsp3) is 0.545. The van der Waals surface area contributed by atoms with E-state index in [-0.39, 0.29) is 0 Å². The quantitative estimate of drug-likeness (QED) is 0.245. The van der Waals surface area contributed by atoms with E-state index in [1.807, 2.05) is 6.08 Å². The van der Waals surface area contributed by atoms with E-state index in [0.29, 0.717) is 0 Å². The first-order valence-electron chi connectivity index (χ1n) is 4.68. The SMILES string of the molecule is CCCCCCC=C/C=C/C=O. The van der Waals surface area contributed by atoms with E-state index < -0.39 is 0 Å². The van der Waals surface area contributed by atoms with Gasteiger partial charge in [-0.1, -0.05) is 44.4 Å². The predicted molar refractivity (Wildman–Crippen MR) is 53.1 cm³/mol. The van der Waals surface area contributed by atoms with Crippen LogP contribution in [0.15, 0.2) is 24.3 Å². The molecule has 12 heavy (non-hydrogen) atoms. The second-order valence-electron chi connectivity index (χ2n) is 2.80.